The molecule has 1 atom stereocenters. The van der Waals surface area contributed by atoms with Crippen molar-refractivity contribution in [3.63, 3.8) is 0 Å². The van der Waals surface area contributed by atoms with Crippen LogP contribution in [0.25, 0.3) is 0 Å². The van der Waals surface area contributed by atoms with Crippen LogP contribution in [0, 0.1) is 0 Å². The molecule has 0 spiro atoms. The second-order valence-electron chi connectivity index (χ2n) is 4.80. The van der Waals surface area contributed by atoms with Crippen LogP contribution in [-0.2, 0) is 4.74 Å². The van der Waals surface area contributed by atoms with Gasteiger partial charge in [-0.25, -0.2) is 0 Å². The third kappa shape index (κ3) is 4.00. The smallest absolute Gasteiger partial charge is 0.0787 e. The van der Waals surface area contributed by atoms with Gasteiger partial charge >= 0.3 is 0 Å². The molecule has 1 rings (SSSR count). The van der Waals surface area contributed by atoms with Crippen LogP contribution in [-0.4, -0.2) is 31.4 Å². The lowest BCUT2D eigenvalue weighted by molar-refractivity contribution is 0.173. The van der Waals surface area contributed by atoms with Gasteiger partial charge in [-0.3, -0.25) is 0 Å². The maximum atomic E-state index is 9.78. The van der Waals surface area contributed by atoms with E-state index >= 15 is 0 Å². The third-order valence-corrected chi connectivity index (χ3v) is 3.16. The second kappa shape index (κ2) is 7.39. The molecule has 18 heavy (non-hydrogen) atoms. The summed E-state index contributed by atoms with van der Waals surface area (Å²) in [7, 11) is 1.72. The fraction of sp³-hybridized carbons (Fsp3) is 0.600. The van der Waals surface area contributed by atoms with Crippen molar-refractivity contribution in [2.45, 2.75) is 39.3 Å². The summed E-state index contributed by atoms with van der Waals surface area (Å²) in [5.74, 6) is 0. The summed E-state index contributed by atoms with van der Waals surface area (Å²) in [6.07, 6.45) is 0.391. The highest BCUT2D eigenvalue weighted by atomic mass is 16.5. The van der Waals surface area contributed by atoms with Gasteiger partial charge in [0.15, 0.2) is 0 Å². The Balaban J connectivity index is 2.80. The van der Waals surface area contributed by atoms with Crippen LogP contribution < -0.4 is 4.90 Å². The molecule has 3 nitrogen and oxygen atoms in total. The summed E-state index contributed by atoms with van der Waals surface area (Å²) in [5, 5.41) is 9.78. The van der Waals surface area contributed by atoms with E-state index in [1.165, 1.54) is 5.69 Å². The van der Waals surface area contributed by atoms with Gasteiger partial charge < -0.3 is 14.7 Å². The molecule has 102 valence electrons. The van der Waals surface area contributed by atoms with E-state index in [0.717, 1.165) is 25.1 Å². The van der Waals surface area contributed by atoms with E-state index in [1.54, 1.807) is 7.11 Å². The number of anilines is 1. The molecular formula is C15H25NO2. The van der Waals surface area contributed by atoms with E-state index in [0.29, 0.717) is 6.04 Å². The number of ether oxygens (including phenoxy) is 1. The molecule has 0 aliphatic carbocycles. The summed E-state index contributed by atoms with van der Waals surface area (Å²) >= 11 is 0. The number of nitrogens with zero attached hydrogens (tertiary/aromatic N) is 1. The van der Waals surface area contributed by atoms with E-state index in [2.05, 4.69) is 30.9 Å². The summed E-state index contributed by atoms with van der Waals surface area (Å²) < 4.78 is 5.14. The first-order chi connectivity index (χ1) is 8.60. The number of rotatable bonds is 7. The molecule has 0 fully saturated rings. The van der Waals surface area contributed by atoms with Gasteiger partial charge in [-0.05, 0) is 38.0 Å². The number of hydrogen-bond donors (Lipinski definition) is 1. The SMILES string of the molecule is CCC(O)c1ccc(N(CCOC)C(C)C)cc1. The minimum atomic E-state index is -0.356. The molecule has 0 heterocycles. The second-order valence-corrected chi connectivity index (χ2v) is 4.80. The van der Waals surface area contributed by atoms with Crippen LogP contribution in [0.1, 0.15) is 38.9 Å². The Bertz CT molecular complexity index is 335. The molecule has 0 aliphatic rings. The van der Waals surface area contributed by atoms with E-state index < -0.39 is 0 Å². The minimum absolute atomic E-state index is 0.356. The molecule has 1 N–H and O–H groups in total. The Labute approximate surface area is 110 Å². The minimum Gasteiger partial charge on any atom is -0.388 e. The van der Waals surface area contributed by atoms with Gasteiger partial charge in [-0.15, -0.1) is 0 Å². The fourth-order valence-corrected chi connectivity index (χ4v) is 2.00. The van der Waals surface area contributed by atoms with Gasteiger partial charge in [0.1, 0.15) is 0 Å². The van der Waals surface area contributed by atoms with Gasteiger partial charge in [0, 0.05) is 25.4 Å². The Morgan fingerprint density at radius 2 is 1.83 bits per heavy atom. The first-order valence-electron chi connectivity index (χ1n) is 6.63. The van der Waals surface area contributed by atoms with Crippen molar-refractivity contribution in [3.8, 4) is 0 Å². The Morgan fingerprint density at radius 1 is 1.22 bits per heavy atom. The predicted molar refractivity (Wildman–Crippen MR) is 76.1 cm³/mol. The number of hydrogen-bond acceptors (Lipinski definition) is 3. The van der Waals surface area contributed by atoms with Crippen LogP contribution >= 0.6 is 0 Å². The molecule has 0 saturated heterocycles. The van der Waals surface area contributed by atoms with Gasteiger partial charge in [0.25, 0.3) is 0 Å². The lowest BCUT2D eigenvalue weighted by Crippen LogP contribution is -2.33. The predicted octanol–water partition coefficient (Wildman–Crippen LogP) is 2.99. The Kier molecular flexibility index (Phi) is 6.16. The highest BCUT2D eigenvalue weighted by Crippen LogP contribution is 2.22. The molecule has 0 amide bonds. The van der Waals surface area contributed by atoms with Gasteiger partial charge in [0.05, 0.1) is 12.7 Å². The quantitative estimate of drug-likeness (QED) is 0.808. The summed E-state index contributed by atoms with van der Waals surface area (Å²) in [6, 6.07) is 8.59. The lowest BCUT2D eigenvalue weighted by atomic mass is 10.1. The van der Waals surface area contributed by atoms with Crippen molar-refractivity contribution in [2.24, 2.45) is 0 Å². The van der Waals surface area contributed by atoms with Crippen LogP contribution in [0.3, 0.4) is 0 Å². The maximum absolute atomic E-state index is 9.78. The highest BCUT2D eigenvalue weighted by molar-refractivity contribution is 5.48. The molecule has 0 aromatic heterocycles. The first kappa shape index (κ1) is 15.0. The topological polar surface area (TPSA) is 32.7 Å². The summed E-state index contributed by atoms with van der Waals surface area (Å²) in [6.45, 7) is 7.92. The number of benzene rings is 1. The van der Waals surface area contributed by atoms with E-state index in [-0.39, 0.29) is 6.10 Å². The Hall–Kier alpha value is -1.06. The molecular weight excluding hydrogens is 226 g/mol. The molecule has 0 radical (unpaired) electrons. The van der Waals surface area contributed by atoms with Crippen molar-refractivity contribution in [1.82, 2.24) is 0 Å². The van der Waals surface area contributed by atoms with Crippen LogP contribution in [0.5, 0.6) is 0 Å². The van der Waals surface area contributed by atoms with E-state index in [9.17, 15) is 5.11 Å². The lowest BCUT2D eigenvalue weighted by Gasteiger charge is -2.29. The number of methoxy groups -OCH3 is 1. The number of aliphatic hydroxyl groups excluding tert-OH is 1. The standard InChI is InChI=1S/C15H25NO2/c1-5-15(17)13-6-8-14(9-7-13)16(12(2)3)10-11-18-4/h6-9,12,15,17H,5,10-11H2,1-4H3. The normalized spacial score (nSPS) is 12.8. The molecule has 1 unspecified atom stereocenters. The maximum Gasteiger partial charge on any atom is 0.0787 e. The van der Waals surface area contributed by atoms with Gasteiger partial charge in [-0.1, -0.05) is 19.1 Å². The van der Waals surface area contributed by atoms with Crippen molar-refractivity contribution in [2.75, 3.05) is 25.2 Å². The monoisotopic (exact) mass is 251 g/mol. The number of aliphatic hydroxyl groups is 1. The Morgan fingerprint density at radius 3 is 2.28 bits per heavy atom. The van der Waals surface area contributed by atoms with Crippen molar-refractivity contribution in [1.29, 1.82) is 0 Å². The first-order valence-corrected chi connectivity index (χ1v) is 6.63. The van der Waals surface area contributed by atoms with Crippen molar-refractivity contribution >= 4 is 5.69 Å². The summed E-state index contributed by atoms with van der Waals surface area (Å²) in [4.78, 5) is 2.30. The third-order valence-electron chi connectivity index (χ3n) is 3.16. The molecule has 0 saturated carbocycles. The highest BCUT2D eigenvalue weighted by Gasteiger charge is 2.11. The zero-order chi connectivity index (χ0) is 13.5. The zero-order valence-corrected chi connectivity index (χ0v) is 11.9. The van der Waals surface area contributed by atoms with Crippen LogP contribution in [0.2, 0.25) is 0 Å². The van der Waals surface area contributed by atoms with Crippen LogP contribution in [0.15, 0.2) is 24.3 Å². The van der Waals surface area contributed by atoms with Gasteiger partial charge in [-0.2, -0.15) is 0 Å². The van der Waals surface area contributed by atoms with E-state index in [1.807, 2.05) is 19.1 Å². The summed E-state index contributed by atoms with van der Waals surface area (Å²) in [5.41, 5.74) is 2.16. The van der Waals surface area contributed by atoms with Crippen molar-refractivity contribution < 1.29 is 9.84 Å². The average Bonchev–Trinajstić information content (AvgIpc) is 2.38. The van der Waals surface area contributed by atoms with E-state index in [4.69, 9.17) is 4.74 Å². The fourth-order valence-electron chi connectivity index (χ4n) is 2.00. The molecule has 0 bridgehead atoms. The average molecular weight is 251 g/mol. The van der Waals surface area contributed by atoms with Gasteiger partial charge in [0.2, 0.25) is 0 Å². The molecule has 0 aliphatic heterocycles. The van der Waals surface area contributed by atoms with Crippen molar-refractivity contribution in [3.05, 3.63) is 29.8 Å². The molecule has 1 aromatic carbocycles. The largest absolute Gasteiger partial charge is 0.388 e. The zero-order valence-electron chi connectivity index (χ0n) is 11.9. The molecule has 1 aromatic rings. The van der Waals surface area contributed by atoms with Crippen LogP contribution in [0.4, 0.5) is 5.69 Å². The molecule has 3 heteroatoms.